The molecule has 1 aliphatic heterocycles. The third-order valence-corrected chi connectivity index (χ3v) is 7.20. The standard InChI is InChI=1S/C28H33N9/c1-4-5-18(2)31-20-12-19(14-29-15-20)22-6-7-23-27(33-22)28(35-34-23)24-13-21-25(32-24)16-30-17-26(21)37-10-8-36(3)9-11-37/h6-7,12-18,31-32H,4-5,8-11H2,1-3H3,(H,34,35). The van der Waals surface area contributed by atoms with Gasteiger partial charge in [0.05, 0.1) is 46.2 Å². The minimum Gasteiger partial charge on any atom is -0.381 e. The molecule has 0 radical (unpaired) electrons. The van der Waals surface area contributed by atoms with E-state index in [2.05, 4.69) is 73.3 Å². The van der Waals surface area contributed by atoms with Gasteiger partial charge in [0.25, 0.3) is 0 Å². The van der Waals surface area contributed by atoms with E-state index in [1.807, 2.05) is 36.9 Å². The van der Waals surface area contributed by atoms with Crippen molar-refractivity contribution >= 4 is 33.3 Å². The fourth-order valence-corrected chi connectivity index (χ4v) is 5.16. The number of aromatic nitrogens is 6. The third-order valence-electron chi connectivity index (χ3n) is 7.20. The Morgan fingerprint density at radius 2 is 1.84 bits per heavy atom. The minimum absolute atomic E-state index is 0.394. The molecule has 1 fully saturated rings. The molecule has 1 saturated heterocycles. The third kappa shape index (κ3) is 4.62. The van der Waals surface area contributed by atoms with Gasteiger partial charge in [-0.1, -0.05) is 13.3 Å². The summed E-state index contributed by atoms with van der Waals surface area (Å²) in [6, 6.07) is 8.74. The van der Waals surface area contributed by atoms with Crippen LogP contribution >= 0.6 is 0 Å². The van der Waals surface area contributed by atoms with Gasteiger partial charge in [-0.3, -0.25) is 15.1 Å². The van der Waals surface area contributed by atoms with E-state index in [1.54, 1.807) is 0 Å². The van der Waals surface area contributed by atoms with Gasteiger partial charge in [0, 0.05) is 55.6 Å². The van der Waals surface area contributed by atoms with Crippen LogP contribution in [0.5, 0.6) is 0 Å². The maximum absolute atomic E-state index is 5.02. The highest BCUT2D eigenvalue weighted by Gasteiger charge is 2.20. The lowest BCUT2D eigenvalue weighted by Crippen LogP contribution is -2.44. The first-order chi connectivity index (χ1) is 18.1. The summed E-state index contributed by atoms with van der Waals surface area (Å²) in [6.07, 6.45) is 9.84. The summed E-state index contributed by atoms with van der Waals surface area (Å²) in [4.78, 5) is 22.3. The van der Waals surface area contributed by atoms with Crippen molar-refractivity contribution < 1.29 is 0 Å². The summed E-state index contributed by atoms with van der Waals surface area (Å²) < 4.78 is 0. The summed E-state index contributed by atoms with van der Waals surface area (Å²) in [5, 5.41) is 12.5. The Kier molecular flexibility index (Phi) is 6.21. The molecule has 9 nitrogen and oxygen atoms in total. The van der Waals surface area contributed by atoms with Crippen molar-refractivity contribution in [2.45, 2.75) is 32.7 Å². The molecule has 0 saturated carbocycles. The molecular formula is C28H33N9. The van der Waals surface area contributed by atoms with Crippen LogP contribution in [0.4, 0.5) is 11.4 Å². The predicted molar refractivity (Wildman–Crippen MR) is 150 cm³/mol. The lowest BCUT2D eigenvalue weighted by Gasteiger charge is -2.34. The number of H-pyrrole nitrogens is 2. The number of rotatable bonds is 7. The minimum atomic E-state index is 0.394. The highest BCUT2D eigenvalue weighted by molar-refractivity contribution is 5.98. The van der Waals surface area contributed by atoms with Crippen LogP contribution in [0.3, 0.4) is 0 Å². The van der Waals surface area contributed by atoms with Crippen molar-refractivity contribution in [3.05, 3.63) is 49.1 Å². The maximum atomic E-state index is 5.02. The molecule has 37 heavy (non-hydrogen) atoms. The molecule has 1 aliphatic rings. The zero-order valence-corrected chi connectivity index (χ0v) is 21.6. The largest absolute Gasteiger partial charge is 0.381 e. The smallest absolute Gasteiger partial charge is 0.135 e. The van der Waals surface area contributed by atoms with Gasteiger partial charge in [0.1, 0.15) is 11.2 Å². The Hall–Kier alpha value is -3.98. The van der Waals surface area contributed by atoms with E-state index >= 15 is 0 Å². The number of nitrogens with zero attached hydrogens (tertiary/aromatic N) is 6. The Balaban J connectivity index is 1.35. The molecule has 5 aromatic heterocycles. The Bertz CT molecular complexity index is 1530. The Morgan fingerprint density at radius 1 is 1.00 bits per heavy atom. The van der Waals surface area contributed by atoms with Crippen LogP contribution in [-0.4, -0.2) is 74.3 Å². The SMILES string of the molecule is CCCC(C)Nc1cncc(-c2ccc3[nH]nc(-c4cc5c(N6CCN(C)CC6)cncc5[nH]4)c3n2)c1. The Morgan fingerprint density at radius 3 is 2.68 bits per heavy atom. The normalized spacial score (nSPS) is 15.5. The van der Waals surface area contributed by atoms with E-state index in [1.165, 1.54) is 0 Å². The van der Waals surface area contributed by atoms with E-state index in [4.69, 9.17) is 4.98 Å². The summed E-state index contributed by atoms with van der Waals surface area (Å²) in [7, 11) is 2.17. The number of anilines is 2. The number of fused-ring (bicyclic) bond motifs is 2. The zero-order valence-electron chi connectivity index (χ0n) is 21.6. The lowest BCUT2D eigenvalue weighted by molar-refractivity contribution is 0.313. The van der Waals surface area contributed by atoms with Crippen LogP contribution in [0.25, 0.3) is 44.6 Å². The van der Waals surface area contributed by atoms with E-state index in [9.17, 15) is 0 Å². The number of nitrogens with one attached hydrogen (secondary N) is 3. The topological polar surface area (TPSA) is 102 Å². The van der Waals surface area contributed by atoms with Gasteiger partial charge in [-0.25, -0.2) is 4.98 Å². The lowest BCUT2D eigenvalue weighted by atomic mass is 10.1. The second kappa shape index (κ2) is 9.82. The number of hydrogen-bond donors (Lipinski definition) is 3. The first-order valence-corrected chi connectivity index (χ1v) is 13.1. The van der Waals surface area contributed by atoms with E-state index in [0.717, 1.165) is 95.0 Å². The molecule has 1 atom stereocenters. The monoisotopic (exact) mass is 495 g/mol. The molecule has 3 N–H and O–H groups in total. The summed E-state index contributed by atoms with van der Waals surface area (Å²) in [6.45, 7) is 8.48. The molecule has 6 rings (SSSR count). The van der Waals surface area contributed by atoms with Crippen molar-refractivity contribution in [3.8, 4) is 22.6 Å². The average molecular weight is 496 g/mol. The molecule has 190 valence electrons. The van der Waals surface area contributed by atoms with Crippen molar-refractivity contribution in [3.63, 3.8) is 0 Å². The Labute approximate surface area is 216 Å². The number of hydrogen-bond acceptors (Lipinski definition) is 7. The van der Waals surface area contributed by atoms with Crippen LogP contribution in [0, 0.1) is 0 Å². The van der Waals surface area contributed by atoms with Gasteiger partial charge in [0.2, 0.25) is 0 Å². The fraction of sp³-hybridized carbons (Fsp3) is 0.357. The first kappa shape index (κ1) is 23.4. The first-order valence-electron chi connectivity index (χ1n) is 13.1. The van der Waals surface area contributed by atoms with Gasteiger partial charge in [-0.15, -0.1) is 0 Å². The second-order valence-corrected chi connectivity index (χ2v) is 10.1. The van der Waals surface area contributed by atoms with Gasteiger partial charge in [0.15, 0.2) is 0 Å². The summed E-state index contributed by atoms with van der Waals surface area (Å²) in [5.41, 5.74) is 8.47. The molecule has 0 aromatic carbocycles. The molecular weight excluding hydrogens is 462 g/mol. The van der Waals surface area contributed by atoms with Crippen LogP contribution in [0.1, 0.15) is 26.7 Å². The second-order valence-electron chi connectivity index (χ2n) is 10.1. The molecule has 0 bridgehead atoms. The van der Waals surface area contributed by atoms with E-state index < -0.39 is 0 Å². The van der Waals surface area contributed by atoms with Gasteiger partial charge < -0.3 is 20.1 Å². The molecule has 6 heterocycles. The molecule has 0 aliphatic carbocycles. The van der Waals surface area contributed by atoms with Crippen molar-refractivity contribution in [1.82, 2.24) is 35.0 Å². The number of aromatic amines is 2. The quantitative estimate of drug-likeness (QED) is 0.295. The molecule has 0 amide bonds. The van der Waals surface area contributed by atoms with Gasteiger partial charge in [-0.2, -0.15) is 5.10 Å². The predicted octanol–water partition coefficient (Wildman–Crippen LogP) is 4.92. The van der Waals surface area contributed by atoms with Gasteiger partial charge >= 0.3 is 0 Å². The van der Waals surface area contributed by atoms with Gasteiger partial charge in [-0.05, 0) is 44.7 Å². The highest BCUT2D eigenvalue weighted by atomic mass is 15.3. The van der Waals surface area contributed by atoms with Crippen molar-refractivity contribution in [2.24, 2.45) is 0 Å². The highest BCUT2D eigenvalue weighted by Crippen LogP contribution is 2.33. The number of likely N-dealkylation sites (N-methyl/N-ethyl adjacent to an activating group) is 1. The van der Waals surface area contributed by atoms with E-state index in [0.29, 0.717) is 6.04 Å². The van der Waals surface area contributed by atoms with Crippen LogP contribution < -0.4 is 10.2 Å². The summed E-state index contributed by atoms with van der Waals surface area (Å²) >= 11 is 0. The fourth-order valence-electron chi connectivity index (χ4n) is 5.16. The average Bonchev–Trinajstić information content (AvgIpc) is 3.53. The van der Waals surface area contributed by atoms with Crippen molar-refractivity contribution in [2.75, 3.05) is 43.4 Å². The molecule has 5 aromatic rings. The zero-order chi connectivity index (χ0) is 25.4. The van der Waals surface area contributed by atoms with E-state index in [-0.39, 0.29) is 0 Å². The maximum Gasteiger partial charge on any atom is 0.135 e. The molecule has 9 heteroatoms. The molecule has 1 unspecified atom stereocenters. The van der Waals surface area contributed by atoms with Crippen molar-refractivity contribution in [1.29, 1.82) is 0 Å². The van der Waals surface area contributed by atoms with Crippen LogP contribution in [-0.2, 0) is 0 Å². The number of piperazine rings is 1. The number of pyridine rings is 3. The van der Waals surface area contributed by atoms with Crippen LogP contribution in [0.2, 0.25) is 0 Å². The van der Waals surface area contributed by atoms with Crippen LogP contribution in [0.15, 0.2) is 49.1 Å². The summed E-state index contributed by atoms with van der Waals surface area (Å²) in [5.74, 6) is 0. The molecule has 0 spiro atoms.